The first-order valence-electron chi connectivity index (χ1n) is 6.89. The summed E-state index contributed by atoms with van der Waals surface area (Å²) in [5, 5.41) is 8.20. The number of rotatable bonds is 3. The topological polar surface area (TPSA) is 49.0 Å². The summed E-state index contributed by atoms with van der Waals surface area (Å²) in [5.74, 6) is 0.110. The number of aromatic nitrogens is 2. The fourth-order valence-electron chi connectivity index (χ4n) is 2.61. The molecule has 1 aliphatic rings. The Labute approximate surface area is 128 Å². The van der Waals surface area contributed by atoms with Crippen molar-refractivity contribution in [2.45, 2.75) is 19.4 Å². The average Bonchev–Trinajstić information content (AvgIpc) is 2.91. The van der Waals surface area contributed by atoms with Gasteiger partial charge in [-0.1, -0.05) is 29.8 Å². The third-order valence-corrected chi connectivity index (χ3v) is 3.97. The van der Waals surface area contributed by atoms with Crippen LogP contribution in [-0.2, 0) is 17.8 Å². The minimum absolute atomic E-state index is 0.110. The molecule has 0 bridgehead atoms. The first-order chi connectivity index (χ1) is 10.2. The normalized spacial score (nSPS) is 13.9. The number of amides is 1. The van der Waals surface area contributed by atoms with E-state index in [2.05, 4.69) is 16.8 Å². The predicted octanol–water partition coefficient (Wildman–Crippen LogP) is 3.19. The Kier molecular flexibility index (Phi) is 3.80. The van der Waals surface area contributed by atoms with Crippen molar-refractivity contribution in [1.82, 2.24) is 15.1 Å². The number of H-pyrrole nitrogens is 1. The van der Waals surface area contributed by atoms with Crippen molar-refractivity contribution in [3.63, 3.8) is 0 Å². The van der Waals surface area contributed by atoms with Gasteiger partial charge in [-0.25, -0.2) is 0 Å². The predicted molar refractivity (Wildman–Crippen MR) is 83.0 cm³/mol. The lowest BCUT2D eigenvalue weighted by Gasteiger charge is -2.27. The van der Waals surface area contributed by atoms with Crippen LogP contribution in [-0.4, -0.2) is 27.5 Å². The molecule has 4 nitrogen and oxygen atoms in total. The number of fused-ring (bicyclic) bond motifs is 1. The van der Waals surface area contributed by atoms with Gasteiger partial charge in [-0.15, -0.1) is 6.58 Å². The zero-order chi connectivity index (χ0) is 14.8. The number of benzene rings is 1. The van der Waals surface area contributed by atoms with Gasteiger partial charge in [-0.2, -0.15) is 5.10 Å². The van der Waals surface area contributed by atoms with Crippen molar-refractivity contribution >= 4 is 17.5 Å². The fraction of sp³-hybridized carbons (Fsp3) is 0.250. The van der Waals surface area contributed by atoms with E-state index in [1.54, 1.807) is 6.08 Å². The summed E-state index contributed by atoms with van der Waals surface area (Å²) in [7, 11) is 0. The molecule has 21 heavy (non-hydrogen) atoms. The Morgan fingerprint density at radius 2 is 2.19 bits per heavy atom. The van der Waals surface area contributed by atoms with Crippen LogP contribution in [0.1, 0.15) is 17.7 Å². The van der Waals surface area contributed by atoms with Gasteiger partial charge in [0.1, 0.15) is 0 Å². The Bertz CT molecular complexity index is 675. The summed E-state index contributed by atoms with van der Waals surface area (Å²) in [5.41, 5.74) is 4.12. The lowest BCUT2D eigenvalue weighted by atomic mass is 10.0. The van der Waals surface area contributed by atoms with Crippen LogP contribution >= 0.6 is 11.6 Å². The molecule has 2 aromatic rings. The number of nitrogens with zero attached hydrogens (tertiary/aromatic N) is 2. The molecule has 0 spiro atoms. The minimum Gasteiger partial charge on any atom is -0.338 e. The fourth-order valence-corrected chi connectivity index (χ4v) is 2.73. The lowest BCUT2D eigenvalue weighted by molar-refractivity contribution is -0.131. The molecule has 5 heteroatoms. The van der Waals surface area contributed by atoms with Gasteiger partial charge in [0.2, 0.25) is 5.91 Å². The van der Waals surface area contributed by atoms with Crippen LogP contribution in [0, 0.1) is 0 Å². The third-order valence-electron chi connectivity index (χ3n) is 3.72. The molecule has 0 radical (unpaired) electrons. The number of aromatic amines is 1. The number of hydrogen-bond donors (Lipinski definition) is 1. The van der Waals surface area contributed by atoms with E-state index in [9.17, 15) is 4.79 Å². The molecule has 0 saturated heterocycles. The van der Waals surface area contributed by atoms with Crippen molar-refractivity contribution in [3.8, 4) is 11.3 Å². The highest BCUT2D eigenvalue weighted by Gasteiger charge is 2.24. The molecule has 0 fully saturated rings. The summed E-state index contributed by atoms with van der Waals surface area (Å²) in [6, 6.07) is 7.59. The molecular weight excluding hydrogens is 286 g/mol. The average molecular weight is 302 g/mol. The minimum atomic E-state index is 0.110. The highest BCUT2D eigenvalue weighted by molar-refractivity contribution is 6.30. The smallest absolute Gasteiger partial charge is 0.226 e. The van der Waals surface area contributed by atoms with Crippen molar-refractivity contribution < 1.29 is 4.79 Å². The van der Waals surface area contributed by atoms with Gasteiger partial charge >= 0.3 is 0 Å². The SMILES string of the molecule is C=CCC(=O)N1CCc2[nH]nc(-c3ccc(Cl)cc3)c2C1. The van der Waals surface area contributed by atoms with E-state index >= 15 is 0 Å². The standard InChI is InChI=1S/C16H16ClN3O/c1-2-3-15(21)20-9-8-14-13(10-20)16(19-18-14)11-4-6-12(17)7-5-11/h2,4-7H,1,3,8-10H2,(H,18,19). The Morgan fingerprint density at radius 1 is 1.43 bits per heavy atom. The molecule has 0 saturated carbocycles. The molecule has 2 heterocycles. The van der Waals surface area contributed by atoms with E-state index in [1.807, 2.05) is 29.2 Å². The van der Waals surface area contributed by atoms with E-state index in [0.29, 0.717) is 18.0 Å². The number of halogens is 1. The zero-order valence-electron chi connectivity index (χ0n) is 11.6. The number of carbonyl (C=O) groups excluding carboxylic acids is 1. The number of nitrogens with one attached hydrogen (secondary N) is 1. The van der Waals surface area contributed by atoms with Crippen LogP contribution < -0.4 is 0 Å². The maximum atomic E-state index is 12.0. The second-order valence-electron chi connectivity index (χ2n) is 5.09. The molecule has 0 atom stereocenters. The second kappa shape index (κ2) is 5.74. The van der Waals surface area contributed by atoms with E-state index in [0.717, 1.165) is 35.5 Å². The van der Waals surface area contributed by atoms with Crippen LogP contribution in [0.3, 0.4) is 0 Å². The summed E-state index contributed by atoms with van der Waals surface area (Å²) in [6.07, 6.45) is 2.83. The van der Waals surface area contributed by atoms with E-state index < -0.39 is 0 Å². The molecule has 0 unspecified atom stereocenters. The van der Waals surface area contributed by atoms with Gasteiger partial charge in [0.15, 0.2) is 0 Å². The largest absolute Gasteiger partial charge is 0.338 e. The van der Waals surface area contributed by atoms with Crippen LogP contribution in [0.4, 0.5) is 0 Å². The van der Waals surface area contributed by atoms with Gasteiger partial charge < -0.3 is 4.90 Å². The maximum absolute atomic E-state index is 12.0. The van der Waals surface area contributed by atoms with E-state index in [1.165, 1.54) is 0 Å². The van der Waals surface area contributed by atoms with Crippen LogP contribution in [0.2, 0.25) is 5.02 Å². The molecule has 1 N–H and O–H groups in total. The van der Waals surface area contributed by atoms with Gasteiger partial charge in [-0.05, 0) is 12.1 Å². The number of hydrogen-bond acceptors (Lipinski definition) is 2. The maximum Gasteiger partial charge on any atom is 0.226 e. The molecule has 108 valence electrons. The Balaban J connectivity index is 1.90. The highest BCUT2D eigenvalue weighted by Crippen LogP contribution is 2.29. The quantitative estimate of drug-likeness (QED) is 0.885. The van der Waals surface area contributed by atoms with Gasteiger partial charge in [0.25, 0.3) is 0 Å². The highest BCUT2D eigenvalue weighted by atomic mass is 35.5. The molecule has 1 aromatic heterocycles. The van der Waals surface area contributed by atoms with Crippen molar-refractivity contribution in [3.05, 3.63) is 53.2 Å². The first kappa shape index (κ1) is 13.9. The Hall–Kier alpha value is -2.07. The molecule has 1 aliphatic heterocycles. The van der Waals surface area contributed by atoms with Crippen molar-refractivity contribution in [1.29, 1.82) is 0 Å². The van der Waals surface area contributed by atoms with Crippen molar-refractivity contribution in [2.24, 2.45) is 0 Å². The van der Waals surface area contributed by atoms with Crippen LogP contribution in [0.15, 0.2) is 36.9 Å². The number of carbonyl (C=O) groups is 1. The molecule has 0 aliphatic carbocycles. The lowest BCUT2D eigenvalue weighted by Crippen LogP contribution is -2.35. The molecule has 3 rings (SSSR count). The van der Waals surface area contributed by atoms with E-state index in [-0.39, 0.29) is 5.91 Å². The van der Waals surface area contributed by atoms with Crippen LogP contribution in [0.25, 0.3) is 11.3 Å². The monoisotopic (exact) mass is 301 g/mol. The second-order valence-corrected chi connectivity index (χ2v) is 5.53. The molecular formula is C16H16ClN3O. The molecule has 1 amide bonds. The Morgan fingerprint density at radius 3 is 2.90 bits per heavy atom. The van der Waals surface area contributed by atoms with E-state index in [4.69, 9.17) is 11.6 Å². The van der Waals surface area contributed by atoms with Crippen molar-refractivity contribution in [2.75, 3.05) is 6.54 Å². The summed E-state index contributed by atoms with van der Waals surface area (Å²) in [6.45, 7) is 4.94. The summed E-state index contributed by atoms with van der Waals surface area (Å²) >= 11 is 5.93. The first-order valence-corrected chi connectivity index (χ1v) is 7.27. The molecule has 1 aromatic carbocycles. The third kappa shape index (κ3) is 2.72. The summed E-state index contributed by atoms with van der Waals surface area (Å²) in [4.78, 5) is 13.9. The van der Waals surface area contributed by atoms with Gasteiger partial charge in [-0.3, -0.25) is 9.89 Å². The zero-order valence-corrected chi connectivity index (χ0v) is 12.4. The van der Waals surface area contributed by atoms with Gasteiger partial charge in [0, 0.05) is 47.8 Å². The van der Waals surface area contributed by atoms with Crippen LogP contribution in [0.5, 0.6) is 0 Å². The van der Waals surface area contributed by atoms with Gasteiger partial charge in [0.05, 0.1) is 5.69 Å². The summed E-state index contributed by atoms with van der Waals surface area (Å²) < 4.78 is 0.